The number of methoxy groups -OCH3 is 1. The van der Waals surface area contributed by atoms with Crippen LogP contribution in [0.3, 0.4) is 0 Å². The highest BCUT2D eigenvalue weighted by molar-refractivity contribution is 7.99. The molecule has 2 saturated heterocycles. The van der Waals surface area contributed by atoms with Gasteiger partial charge in [-0.25, -0.2) is 0 Å². The van der Waals surface area contributed by atoms with E-state index in [-0.39, 0.29) is 0 Å². The topological polar surface area (TPSA) is 27.7 Å². The fourth-order valence-electron chi connectivity index (χ4n) is 5.81. The van der Waals surface area contributed by atoms with Gasteiger partial charge in [-0.15, -0.1) is 0 Å². The molecular weight excluding hydrogens is 390 g/mol. The predicted octanol–water partition coefficient (Wildman–Crippen LogP) is 5.89. The molecule has 3 heterocycles. The summed E-state index contributed by atoms with van der Waals surface area (Å²) in [7, 11) is 1.78. The second-order valence-corrected chi connectivity index (χ2v) is 10.4. The van der Waals surface area contributed by atoms with E-state index in [2.05, 4.69) is 67.9 Å². The second kappa shape index (κ2) is 7.38. The molecule has 0 saturated carbocycles. The Morgan fingerprint density at radius 1 is 1.03 bits per heavy atom. The number of piperazine rings is 1. The van der Waals surface area contributed by atoms with Crippen molar-refractivity contribution in [1.82, 2.24) is 4.90 Å². The van der Waals surface area contributed by atoms with Gasteiger partial charge in [0.1, 0.15) is 5.75 Å². The molecule has 0 spiro atoms. The summed E-state index contributed by atoms with van der Waals surface area (Å²) in [5.41, 5.74) is 7.54. The quantitative estimate of drug-likeness (QED) is 0.567. The highest BCUT2D eigenvalue weighted by atomic mass is 32.2. The molecule has 2 aromatic rings. The van der Waals surface area contributed by atoms with Gasteiger partial charge in [0.2, 0.25) is 0 Å². The minimum atomic E-state index is 0.647. The molecule has 160 valence electrons. The Hall–Kier alpha value is -1.85. The summed E-state index contributed by atoms with van der Waals surface area (Å²) >= 11 is 1.88. The van der Waals surface area contributed by atoms with Crippen molar-refractivity contribution in [3.63, 3.8) is 0 Å². The summed E-state index contributed by atoms with van der Waals surface area (Å²) in [5.74, 6) is 1.02. The molecule has 3 aliphatic heterocycles. The van der Waals surface area contributed by atoms with Crippen molar-refractivity contribution in [3.05, 3.63) is 34.9 Å². The number of hydrogen-bond donors (Lipinski definition) is 1. The van der Waals surface area contributed by atoms with Gasteiger partial charge >= 0.3 is 0 Å². The molecule has 1 N–H and O–H groups in total. The third kappa shape index (κ3) is 3.01. The van der Waals surface area contributed by atoms with Crippen LogP contribution in [0.2, 0.25) is 0 Å². The minimum absolute atomic E-state index is 0.647. The van der Waals surface area contributed by atoms with Crippen LogP contribution in [0, 0.1) is 20.8 Å². The summed E-state index contributed by atoms with van der Waals surface area (Å²) in [6.45, 7) is 13.5. The first kappa shape index (κ1) is 20.1. The molecule has 5 heteroatoms. The fraction of sp³-hybridized carbons (Fsp3) is 0.520. The highest BCUT2D eigenvalue weighted by Crippen LogP contribution is 2.51. The standard InChI is InChI=1S/C25H33N3OS/c1-14(2)28-19-7-8-20(28)13-27(12-19)18-9-10-21-22(11-18)30-25-17(5)24(29-6)16(4)15(3)23(25)26-21/h9-11,14,19-20,26H,7-8,12-13H2,1-6H3/t19-,20+. The van der Waals surface area contributed by atoms with Crippen molar-refractivity contribution in [2.24, 2.45) is 0 Å². The molecule has 5 rings (SSSR count). The largest absolute Gasteiger partial charge is 0.496 e. The molecule has 0 radical (unpaired) electrons. The Morgan fingerprint density at radius 2 is 1.73 bits per heavy atom. The number of ether oxygens (including phenoxy) is 1. The molecule has 0 amide bonds. The van der Waals surface area contributed by atoms with E-state index in [1.54, 1.807) is 7.11 Å². The first-order chi connectivity index (χ1) is 14.4. The molecule has 2 fully saturated rings. The van der Waals surface area contributed by atoms with Crippen LogP contribution < -0.4 is 15.0 Å². The van der Waals surface area contributed by atoms with Gasteiger partial charge < -0.3 is 15.0 Å². The van der Waals surface area contributed by atoms with E-state index in [9.17, 15) is 0 Å². The van der Waals surface area contributed by atoms with Gasteiger partial charge in [0, 0.05) is 52.3 Å². The van der Waals surface area contributed by atoms with Gasteiger partial charge in [0.15, 0.2) is 0 Å². The van der Waals surface area contributed by atoms with E-state index in [1.807, 2.05) is 11.8 Å². The smallest absolute Gasteiger partial charge is 0.126 e. The number of nitrogens with one attached hydrogen (secondary N) is 1. The van der Waals surface area contributed by atoms with Crippen LogP contribution in [0.5, 0.6) is 5.75 Å². The number of benzene rings is 2. The fourth-order valence-corrected chi connectivity index (χ4v) is 6.99. The van der Waals surface area contributed by atoms with Crippen LogP contribution in [0.4, 0.5) is 17.1 Å². The zero-order valence-corrected chi connectivity index (χ0v) is 19.8. The van der Waals surface area contributed by atoms with Crippen LogP contribution in [0.25, 0.3) is 0 Å². The molecule has 3 aliphatic rings. The first-order valence-electron chi connectivity index (χ1n) is 11.2. The van der Waals surface area contributed by atoms with Crippen LogP contribution in [-0.2, 0) is 0 Å². The van der Waals surface area contributed by atoms with Crippen LogP contribution in [-0.4, -0.2) is 43.2 Å². The maximum atomic E-state index is 5.74. The van der Waals surface area contributed by atoms with Gasteiger partial charge in [0.25, 0.3) is 0 Å². The maximum Gasteiger partial charge on any atom is 0.126 e. The lowest BCUT2D eigenvalue weighted by molar-refractivity contribution is 0.129. The Labute approximate surface area is 185 Å². The molecule has 4 nitrogen and oxygen atoms in total. The summed E-state index contributed by atoms with van der Waals surface area (Å²) < 4.78 is 5.74. The highest BCUT2D eigenvalue weighted by Gasteiger charge is 2.41. The number of anilines is 3. The van der Waals surface area contributed by atoms with Crippen LogP contribution in [0.1, 0.15) is 43.4 Å². The summed E-state index contributed by atoms with van der Waals surface area (Å²) in [6.07, 6.45) is 2.68. The van der Waals surface area contributed by atoms with Crippen molar-refractivity contribution in [1.29, 1.82) is 0 Å². The van der Waals surface area contributed by atoms with Crippen molar-refractivity contribution < 1.29 is 4.74 Å². The van der Waals surface area contributed by atoms with Crippen molar-refractivity contribution in [2.75, 3.05) is 30.4 Å². The first-order valence-corrected chi connectivity index (χ1v) is 12.0. The van der Waals surface area contributed by atoms with Gasteiger partial charge in [-0.2, -0.15) is 0 Å². The Balaban J connectivity index is 1.46. The molecule has 2 aromatic carbocycles. The van der Waals surface area contributed by atoms with E-state index in [0.29, 0.717) is 18.1 Å². The van der Waals surface area contributed by atoms with E-state index >= 15 is 0 Å². The summed E-state index contributed by atoms with van der Waals surface area (Å²) in [4.78, 5) is 7.98. The van der Waals surface area contributed by atoms with Crippen molar-refractivity contribution >= 4 is 28.8 Å². The Bertz CT molecular complexity index is 989. The minimum Gasteiger partial charge on any atom is -0.496 e. The molecule has 2 atom stereocenters. The van der Waals surface area contributed by atoms with E-state index < -0.39 is 0 Å². The van der Waals surface area contributed by atoms with E-state index in [1.165, 1.54) is 56.4 Å². The number of fused-ring (bicyclic) bond motifs is 4. The van der Waals surface area contributed by atoms with Gasteiger partial charge in [0.05, 0.1) is 18.5 Å². The molecular formula is C25H33N3OS. The number of hydrogen-bond acceptors (Lipinski definition) is 5. The monoisotopic (exact) mass is 423 g/mol. The lowest BCUT2D eigenvalue weighted by Gasteiger charge is -2.44. The Morgan fingerprint density at radius 3 is 2.37 bits per heavy atom. The van der Waals surface area contributed by atoms with Crippen molar-refractivity contribution in [2.45, 2.75) is 75.4 Å². The Kier molecular flexibility index (Phi) is 4.94. The van der Waals surface area contributed by atoms with E-state index in [0.717, 1.165) is 18.8 Å². The maximum absolute atomic E-state index is 5.74. The van der Waals surface area contributed by atoms with Crippen LogP contribution >= 0.6 is 11.8 Å². The third-order valence-electron chi connectivity index (χ3n) is 7.33. The average Bonchev–Trinajstić information content (AvgIpc) is 3.01. The third-order valence-corrected chi connectivity index (χ3v) is 8.60. The second-order valence-electron chi connectivity index (χ2n) is 9.35. The van der Waals surface area contributed by atoms with Gasteiger partial charge in [-0.05, 0) is 76.8 Å². The molecule has 2 bridgehead atoms. The zero-order valence-electron chi connectivity index (χ0n) is 19.0. The van der Waals surface area contributed by atoms with Gasteiger partial charge in [-0.3, -0.25) is 4.90 Å². The number of rotatable bonds is 3. The molecule has 30 heavy (non-hydrogen) atoms. The molecule has 0 aromatic heterocycles. The average molecular weight is 424 g/mol. The summed E-state index contributed by atoms with van der Waals surface area (Å²) in [6, 6.07) is 9.01. The molecule has 0 unspecified atom stereocenters. The van der Waals surface area contributed by atoms with E-state index in [4.69, 9.17) is 4.74 Å². The zero-order chi connectivity index (χ0) is 21.2. The van der Waals surface area contributed by atoms with Crippen molar-refractivity contribution in [3.8, 4) is 5.75 Å². The summed E-state index contributed by atoms with van der Waals surface area (Å²) in [5, 5.41) is 3.72. The lowest BCUT2D eigenvalue weighted by Crippen LogP contribution is -2.56. The molecule has 0 aliphatic carbocycles. The SMILES string of the molecule is COc1c(C)c(C)c2c(c1C)Sc1cc(N3C[C@H]4CC[C@@H](C3)N4C(C)C)ccc1N2. The van der Waals surface area contributed by atoms with Gasteiger partial charge in [-0.1, -0.05) is 11.8 Å². The van der Waals surface area contributed by atoms with Crippen LogP contribution in [0.15, 0.2) is 28.0 Å². The normalized spacial score (nSPS) is 22.7. The number of nitrogens with zero attached hydrogens (tertiary/aromatic N) is 2. The lowest BCUT2D eigenvalue weighted by atomic mass is 10.0. The predicted molar refractivity (Wildman–Crippen MR) is 127 cm³/mol.